The summed E-state index contributed by atoms with van der Waals surface area (Å²) in [6, 6.07) is 9.69. The third kappa shape index (κ3) is 4.41. The molecule has 3 aromatic rings. The first kappa shape index (κ1) is 20.2. The van der Waals surface area contributed by atoms with E-state index in [1.807, 2.05) is 11.7 Å². The number of H-pyrrole nitrogens is 1. The topological polar surface area (TPSA) is 40.1 Å². The molecular formula is C24H35N5. The highest BCUT2D eigenvalue weighted by molar-refractivity contribution is 5.81. The number of rotatable bonds is 7. The summed E-state index contributed by atoms with van der Waals surface area (Å²) in [6.45, 7) is 14.3. The van der Waals surface area contributed by atoms with E-state index in [4.69, 9.17) is 0 Å². The van der Waals surface area contributed by atoms with Gasteiger partial charge in [0.15, 0.2) is 0 Å². The van der Waals surface area contributed by atoms with E-state index in [0.717, 1.165) is 25.3 Å². The van der Waals surface area contributed by atoms with Crippen LogP contribution in [0.1, 0.15) is 54.9 Å². The molecule has 1 aromatic carbocycles. The van der Waals surface area contributed by atoms with Crippen molar-refractivity contribution in [2.45, 2.75) is 66.2 Å². The maximum Gasteiger partial charge on any atom is 0.0641 e. The van der Waals surface area contributed by atoms with Gasteiger partial charge in [-0.15, -0.1) is 0 Å². The zero-order valence-electron chi connectivity index (χ0n) is 18.6. The van der Waals surface area contributed by atoms with Crippen LogP contribution >= 0.6 is 0 Å². The van der Waals surface area contributed by atoms with Crippen LogP contribution in [-0.2, 0) is 26.7 Å². The molecule has 1 N–H and O–H groups in total. The number of aromatic nitrogens is 3. The number of fused-ring (bicyclic) bond motifs is 1. The van der Waals surface area contributed by atoms with Crippen molar-refractivity contribution in [3.63, 3.8) is 0 Å². The van der Waals surface area contributed by atoms with Crippen molar-refractivity contribution in [3.8, 4) is 0 Å². The van der Waals surface area contributed by atoms with Crippen LogP contribution in [0.25, 0.3) is 10.9 Å². The number of nitrogens with one attached hydrogen (secondary N) is 1. The molecule has 0 amide bonds. The monoisotopic (exact) mass is 393 g/mol. The Morgan fingerprint density at radius 3 is 2.52 bits per heavy atom. The van der Waals surface area contributed by atoms with E-state index in [-0.39, 0.29) is 0 Å². The third-order valence-electron chi connectivity index (χ3n) is 6.47. The lowest BCUT2D eigenvalue weighted by Crippen LogP contribution is -2.30. The highest BCUT2D eigenvalue weighted by Gasteiger charge is 2.17. The van der Waals surface area contributed by atoms with Gasteiger partial charge in [0, 0.05) is 60.6 Å². The minimum Gasteiger partial charge on any atom is -0.357 e. The molecule has 0 aliphatic carbocycles. The van der Waals surface area contributed by atoms with E-state index in [0.29, 0.717) is 6.04 Å². The van der Waals surface area contributed by atoms with Crippen LogP contribution in [0.2, 0.25) is 0 Å². The van der Waals surface area contributed by atoms with Gasteiger partial charge in [-0.3, -0.25) is 14.5 Å². The number of benzene rings is 1. The van der Waals surface area contributed by atoms with Gasteiger partial charge in [-0.25, -0.2) is 0 Å². The Balaban J connectivity index is 1.51. The Labute approximate surface area is 174 Å². The van der Waals surface area contributed by atoms with E-state index < -0.39 is 0 Å². The van der Waals surface area contributed by atoms with Gasteiger partial charge in [0.25, 0.3) is 0 Å². The third-order valence-corrected chi connectivity index (χ3v) is 6.47. The summed E-state index contributed by atoms with van der Waals surface area (Å²) in [5, 5.41) is 5.93. The van der Waals surface area contributed by atoms with Gasteiger partial charge in [-0.1, -0.05) is 6.07 Å². The Kier molecular flexibility index (Phi) is 5.79. The first-order chi connectivity index (χ1) is 13.9. The van der Waals surface area contributed by atoms with Crippen molar-refractivity contribution in [1.29, 1.82) is 0 Å². The van der Waals surface area contributed by atoms with Gasteiger partial charge in [0.1, 0.15) is 0 Å². The normalized spacial score (nSPS) is 15.4. The number of aryl methyl sites for hydroxylation is 2. The number of aromatic amines is 1. The van der Waals surface area contributed by atoms with Gasteiger partial charge in [0.05, 0.1) is 5.69 Å². The van der Waals surface area contributed by atoms with Gasteiger partial charge in [-0.05, 0) is 77.4 Å². The van der Waals surface area contributed by atoms with Crippen LogP contribution in [0.15, 0.2) is 24.3 Å². The van der Waals surface area contributed by atoms with Gasteiger partial charge >= 0.3 is 0 Å². The lowest BCUT2D eigenvalue weighted by Gasteiger charge is -2.27. The standard InChI is InChI=1S/C24H35N5/c1-17(2)29(16-23-18(3)26-27(5)19(23)4)14-20-8-9-24-21(12-20)13-22(25-24)15-28-10-6-7-11-28/h8-9,12-13,17,25H,6-7,10-11,14-16H2,1-5H3. The zero-order valence-corrected chi connectivity index (χ0v) is 18.6. The molecule has 1 aliphatic heterocycles. The van der Waals surface area contributed by atoms with Gasteiger partial charge < -0.3 is 4.98 Å². The fraction of sp³-hybridized carbons (Fsp3) is 0.542. The number of hydrogen-bond acceptors (Lipinski definition) is 3. The highest BCUT2D eigenvalue weighted by atomic mass is 15.3. The molecule has 0 spiro atoms. The number of hydrogen-bond donors (Lipinski definition) is 1. The van der Waals surface area contributed by atoms with E-state index in [1.165, 1.54) is 59.3 Å². The predicted octanol–water partition coefficient (Wildman–Crippen LogP) is 4.52. The first-order valence-corrected chi connectivity index (χ1v) is 11.0. The molecule has 29 heavy (non-hydrogen) atoms. The fourth-order valence-corrected chi connectivity index (χ4v) is 4.51. The number of likely N-dealkylation sites (tertiary alicyclic amines) is 1. The molecule has 0 bridgehead atoms. The summed E-state index contributed by atoms with van der Waals surface area (Å²) in [5.74, 6) is 0. The first-order valence-electron chi connectivity index (χ1n) is 11.0. The maximum absolute atomic E-state index is 4.60. The minimum atomic E-state index is 0.474. The van der Waals surface area contributed by atoms with Crippen LogP contribution < -0.4 is 0 Å². The number of nitrogens with zero attached hydrogens (tertiary/aromatic N) is 4. The molecule has 5 nitrogen and oxygen atoms in total. The Hall–Kier alpha value is -2.11. The summed E-state index contributed by atoms with van der Waals surface area (Å²) < 4.78 is 2.00. The van der Waals surface area contributed by atoms with Crippen molar-refractivity contribution in [2.75, 3.05) is 13.1 Å². The molecule has 0 atom stereocenters. The second-order valence-corrected chi connectivity index (χ2v) is 8.97. The van der Waals surface area contributed by atoms with Crippen molar-refractivity contribution in [3.05, 3.63) is 52.5 Å². The molecular weight excluding hydrogens is 358 g/mol. The Morgan fingerprint density at radius 1 is 1.10 bits per heavy atom. The fourth-order valence-electron chi connectivity index (χ4n) is 4.51. The largest absolute Gasteiger partial charge is 0.357 e. The molecule has 1 aliphatic rings. The minimum absolute atomic E-state index is 0.474. The van der Waals surface area contributed by atoms with Crippen LogP contribution in [0, 0.1) is 13.8 Å². The molecule has 3 heterocycles. The molecule has 0 saturated carbocycles. The molecule has 156 valence electrons. The van der Waals surface area contributed by atoms with Crippen molar-refractivity contribution >= 4 is 10.9 Å². The van der Waals surface area contributed by atoms with Crippen LogP contribution in [0.3, 0.4) is 0 Å². The van der Waals surface area contributed by atoms with E-state index in [9.17, 15) is 0 Å². The summed E-state index contributed by atoms with van der Waals surface area (Å²) in [4.78, 5) is 8.70. The molecule has 1 fully saturated rings. The van der Waals surface area contributed by atoms with E-state index in [2.05, 4.69) is 71.8 Å². The molecule has 0 radical (unpaired) electrons. The van der Waals surface area contributed by atoms with Crippen LogP contribution in [0.4, 0.5) is 0 Å². The average molecular weight is 394 g/mol. The second kappa shape index (κ2) is 8.33. The maximum atomic E-state index is 4.60. The Bertz CT molecular complexity index is 975. The molecule has 5 heteroatoms. The van der Waals surface area contributed by atoms with Gasteiger partial charge in [-0.2, -0.15) is 5.10 Å². The lowest BCUT2D eigenvalue weighted by atomic mass is 10.1. The average Bonchev–Trinajstić information content (AvgIpc) is 3.37. The SMILES string of the molecule is Cc1nn(C)c(C)c1CN(Cc1ccc2[nH]c(CN3CCCC3)cc2c1)C(C)C. The van der Waals surface area contributed by atoms with Crippen molar-refractivity contribution in [1.82, 2.24) is 24.6 Å². The smallest absolute Gasteiger partial charge is 0.0641 e. The molecule has 1 saturated heterocycles. The highest BCUT2D eigenvalue weighted by Crippen LogP contribution is 2.23. The Morgan fingerprint density at radius 2 is 1.86 bits per heavy atom. The second-order valence-electron chi connectivity index (χ2n) is 8.97. The quantitative estimate of drug-likeness (QED) is 0.641. The molecule has 0 unspecified atom stereocenters. The zero-order chi connectivity index (χ0) is 20.5. The van der Waals surface area contributed by atoms with E-state index in [1.54, 1.807) is 0 Å². The summed E-state index contributed by atoms with van der Waals surface area (Å²) >= 11 is 0. The van der Waals surface area contributed by atoms with Crippen molar-refractivity contribution in [2.24, 2.45) is 7.05 Å². The van der Waals surface area contributed by atoms with Crippen LogP contribution in [-0.4, -0.2) is 43.7 Å². The van der Waals surface area contributed by atoms with Gasteiger partial charge in [0.2, 0.25) is 0 Å². The van der Waals surface area contributed by atoms with Crippen molar-refractivity contribution < 1.29 is 0 Å². The van der Waals surface area contributed by atoms with Crippen LogP contribution in [0.5, 0.6) is 0 Å². The summed E-state index contributed by atoms with van der Waals surface area (Å²) in [6.07, 6.45) is 2.68. The summed E-state index contributed by atoms with van der Waals surface area (Å²) in [7, 11) is 2.03. The van der Waals surface area contributed by atoms with E-state index >= 15 is 0 Å². The predicted molar refractivity (Wildman–Crippen MR) is 120 cm³/mol. The molecule has 4 rings (SSSR count). The summed E-state index contributed by atoms with van der Waals surface area (Å²) in [5.41, 5.74) is 7.72. The molecule has 2 aromatic heterocycles. The lowest BCUT2D eigenvalue weighted by molar-refractivity contribution is 0.203.